The van der Waals surface area contributed by atoms with E-state index in [-0.39, 0.29) is 6.73 Å². The highest BCUT2D eigenvalue weighted by Crippen LogP contribution is 2.12. The van der Waals surface area contributed by atoms with Crippen LogP contribution in [0.15, 0.2) is 6.58 Å². The van der Waals surface area contributed by atoms with Gasteiger partial charge in [0.2, 0.25) is 18.3 Å². The Labute approximate surface area is 112 Å². The number of hydrogen-bond donors (Lipinski definition) is 2. The SMILES string of the molecule is C=C(C)c1nc(NCOC)nc(NC(OC)OC)n1. The van der Waals surface area contributed by atoms with Crippen LogP contribution in [0, 0.1) is 0 Å². The highest BCUT2D eigenvalue weighted by Gasteiger charge is 2.11. The van der Waals surface area contributed by atoms with E-state index in [1.165, 1.54) is 14.2 Å². The number of anilines is 2. The first-order chi connectivity index (χ1) is 9.10. The highest BCUT2D eigenvalue weighted by molar-refractivity contribution is 5.56. The predicted octanol–water partition coefficient (Wildman–Crippen LogP) is 0.909. The number of methoxy groups -OCH3 is 3. The summed E-state index contributed by atoms with van der Waals surface area (Å²) in [6.45, 7) is 5.90. The summed E-state index contributed by atoms with van der Waals surface area (Å²) >= 11 is 0. The Hall–Kier alpha value is -1.77. The van der Waals surface area contributed by atoms with Crippen molar-refractivity contribution in [1.29, 1.82) is 0 Å². The lowest BCUT2D eigenvalue weighted by Crippen LogP contribution is -2.25. The third kappa shape index (κ3) is 4.78. The Morgan fingerprint density at radius 2 is 1.79 bits per heavy atom. The maximum Gasteiger partial charge on any atom is 0.239 e. The fourth-order valence-corrected chi connectivity index (χ4v) is 1.17. The van der Waals surface area contributed by atoms with Crippen molar-refractivity contribution < 1.29 is 14.2 Å². The summed E-state index contributed by atoms with van der Waals surface area (Å²) in [5.74, 6) is 1.17. The van der Waals surface area contributed by atoms with Crippen LogP contribution in [0.1, 0.15) is 12.7 Å². The van der Waals surface area contributed by atoms with Crippen LogP contribution in [0.4, 0.5) is 11.9 Å². The molecule has 0 unspecified atom stereocenters. The summed E-state index contributed by atoms with van der Waals surface area (Å²) in [7, 11) is 4.58. The molecule has 0 saturated heterocycles. The summed E-state index contributed by atoms with van der Waals surface area (Å²) in [5, 5.41) is 5.75. The van der Waals surface area contributed by atoms with Gasteiger partial charge in [0, 0.05) is 21.3 Å². The molecule has 0 fully saturated rings. The van der Waals surface area contributed by atoms with Gasteiger partial charge in [-0.25, -0.2) is 0 Å². The molecule has 0 aliphatic rings. The van der Waals surface area contributed by atoms with E-state index in [2.05, 4.69) is 32.2 Å². The van der Waals surface area contributed by atoms with Crippen LogP contribution in [0.25, 0.3) is 5.57 Å². The van der Waals surface area contributed by atoms with Crippen LogP contribution >= 0.6 is 0 Å². The van der Waals surface area contributed by atoms with Crippen molar-refractivity contribution in [3.63, 3.8) is 0 Å². The first-order valence-electron chi connectivity index (χ1n) is 5.57. The van der Waals surface area contributed by atoms with E-state index >= 15 is 0 Å². The van der Waals surface area contributed by atoms with Gasteiger partial charge in [0.25, 0.3) is 0 Å². The first-order valence-corrected chi connectivity index (χ1v) is 5.57. The summed E-state index contributed by atoms with van der Waals surface area (Å²) in [6.07, 6.45) is -0.643. The Kier molecular flexibility index (Phi) is 6.13. The number of nitrogens with one attached hydrogen (secondary N) is 2. The number of ether oxygens (including phenoxy) is 3. The molecule has 0 amide bonds. The lowest BCUT2D eigenvalue weighted by Gasteiger charge is -2.15. The highest BCUT2D eigenvalue weighted by atomic mass is 16.7. The van der Waals surface area contributed by atoms with Crippen molar-refractivity contribution in [2.24, 2.45) is 0 Å². The second-order valence-electron chi connectivity index (χ2n) is 3.64. The zero-order valence-corrected chi connectivity index (χ0v) is 11.6. The normalized spacial score (nSPS) is 10.6. The van der Waals surface area contributed by atoms with Gasteiger partial charge < -0.3 is 24.8 Å². The summed E-state index contributed by atoms with van der Waals surface area (Å²) < 4.78 is 15.0. The van der Waals surface area contributed by atoms with Crippen molar-refractivity contribution in [1.82, 2.24) is 15.0 Å². The molecule has 0 radical (unpaired) electrons. The molecule has 0 saturated carbocycles. The van der Waals surface area contributed by atoms with Gasteiger partial charge in [-0.1, -0.05) is 6.58 Å². The van der Waals surface area contributed by atoms with Crippen LogP contribution in [-0.2, 0) is 14.2 Å². The fourth-order valence-electron chi connectivity index (χ4n) is 1.17. The third-order valence-electron chi connectivity index (χ3n) is 2.07. The topological polar surface area (TPSA) is 90.4 Å². The van der Waals surface area contributed by atoms with Crippen molar-refractivity contribution in [3.05, 3.63) is 12.4 Å². The van der Waals surface area contributed by atoms with Crippen LogP contribution in [0.2, 0.25) is 0 Å². The quantitative estimate of drug-likeness (QED) is 0.673. The van der Waals surface area contributed by atoms with Gasteiger partial charge >= 0.3 is 0 Å². The molecule has 0 spiro atoms. The fraction of sp³-hybridized carbons (Fsp3) is 0.545. The summed E-state index contributed by atoms with van der Waals surface area (Å²) in [5.41, 5.74) is 0.720. The van der Waals surface area contributed by atoms with E-state index < -0.39 is 6.41 Å². The van der Waals surface area contributed by atoms with E-state index in [0.29, 0.717) is 17.7 Å². The lowest BCUT2D eigenvalue weighted by atomic mass is 10.3. The minimum Gasteiger partial charge on any atom is -0.364 e. The molecule has 1 aromatic rings. The number of rotatable bonds is 8. The molecular formula is C11H19N5O3. The predicted molar refractivity (Wildman–Crippen MR) is 71.5 cm³/mol. The number of aromatic nitrogens is 3. The zero-order chi connectivity index (χ0) is 14.3. The maximum absolute atomic E-state index is 5.02. The number of nitrogens with zero attached hydrogens (tertiary/aromatic N) is 3. The molecule has 8 nitrogen and oxygen atoms in total. The zero-order valence-electron chi connectivity index (χ0n) is 11.6. The Balaban J connectivity index is 2.95. The Bertz CT molecular complexity index is 423. The van der Waals surface area contributed by atoms with Crippen LogP contribution in [0.3, 0.4) is 0 Å². The average molecular weight is 269 g/mol. The van der Waals surface area contributed by atoms with Crippen LogP contribution in [0.5, 0.6) is 0 Å². The van der Waals surface area contributed by atoms with E-state index in [1.54, 1.807) is 7.11 Å². The largest absolute Gasteiger partial charge is 0.364 e. The molecule has 0 aliphatic carbocycles. The van der Waals surface area contributed by atoms with Gasteiger partial charge in [0.1, 0.15) is 6.73 Å². The smallest absolute Gasteiger partial charge is 0.239 e. The molecule has 1 aromatic heterocycles. The minimum absolute atomic E-state index is 0.289. The molecule has 0 bridgehead atoms. The van der Waals surface area contributed by atoms with Gasteiger partial charge in [-0.05, 0) is 12.5 Å². The second-order valence-corrected chi connectivity index (χ2v) is 3.64. The summed E-state index contributed by atoms with van der Waals surface area (Å²) in [4.78, 5) is 12.6. The Morgan fingerprint density at radius 1 is 1.16 bits per heavy atom. The maximum atomic E-state index is 5.02. The van der Waals surface area contributed by atoms with Gasteiger partial charge in [0.15, 0.2) is 5.82 Å². The third-order valence-corrected chi connectivity index (χ3v) is 2.07. The van der Waals surface area contributed by atoms with E-state index in [4.69, 9.17) is 14.2 Å². The molecule has 19 heavy (non-hydrogen) atoms. The molecule has 8 heteroatoms. The molecule has 1 rings (SSSR count). The number of allylic oxidation sites excluding steroid dienone is 1. The van der Waals surface area contributed by atoms with Crippen molar-refractivity contribution in [2.45, 2.75) is 13.3 Å². The summed E-state index contributed by atoms with van der Waals surface area (Å²) in [6, 6.07) is 0. The van der Waals surface area contributed by atoms with Gasteiger partial charge in [0.05, 0.1) is 0 Å². The molecular weight excluding hydrogens is 250 g/mol. The van der Waals surface area contributed by atoms with Crippen molar-refractivity contribution >= 4 is 17.5 Å². The van der Waals surface area contributed by atoms with Gasteiger partial charge in [-0.3, -0.25) is 0 Å². The van der Waals surface area contributed by atoms with Crippen molar-refractivity contribution in [3.8, 4) is 0 Å². The molecule has 0 atom stereocenters. The molecule has 0 aliphatic heterocycles. The molecule has 1 heterocycles. The van der Waals surface area contributed by atoms with Crippen LogP contribution < -0.4 is 10.6 Å². The monoisotopic (exact) mass is 269 g/mol. The van der Waals surface area contributed by atoms with Gasteiger partial charge in [-0.15, -0.1) is 0 Å². The number of hydrogen-bond acceptors (Lipinski definition) is 8. The second kappa shape index (κ2) is 7.62. The average Bonchev–Trinajstić information content (AvgIpc) is 2.42. The van der Waals surface area contributed by atoms with Gasteiger partial charge in [-0.2, -0.15) is 15.0 Å². The molecule has 2 N–H and O–H groups in total. The standard InChI is InChI=1S/C11H19N5O3/c1-7(2)8-13-9(12-6-17-3)15-10(14-8)16-11(18-4)19-5/h11H,1,6H2,2-5H3,(H2,12,13,14,15,16). The minimum atomic E-state index is -0.643. The Morgan fingerprint density at radius 3 is 2.32 bits per heavy atom. The van der Waals surface area contributed by atoms with Crippen molar-refractivity contribution in [2.75, 3.05) is 38.7 Å². The lowest BCUT2D eigenvalue weighted by molar-refractivity contribution is -0.0813. The first kappa shape index (κ1) is 15.3. The van der Waals surface area contributed by atoms with E-state index in [1.807, 2.05) is 6.92 Å². The van der Waals surface area contributed by atoms with Crippen LogP contribution in [-0.4, -0.2) is 49.4 Å². The van der Waals surface area contributed by atoms with E-state index in [0.717, 1.165) is 5.57 Å². The molecule has 0 aromatic carbocycles. The molecule has 106 valence electrons. The van der Waals surface area contributed by atoms with E-state index in [9.17, 15) is 0 Å².